The first-order valence-electron chi connectivity index (χ1n) is 4.67. The minimum atomic E-state index is 0.545. The lowest BCUT2D eigenvalue weighted by atomic mass is 9.71. The fourth-order valence-corrected chi connectivity index (χ4v) is 5.82. The van der Waals surface area contributed by atoms with E-state index in [1.54, 1.807) is 5.25 Å². The van der Waals surface area contributed by atoms with Crippen molar-refractivity contribution in [2.75, 3.05) is 0 Å². The van der Waals surface area contributed by atoms with Crippen molar-refractivity contribution < 1.29 is 0 Å². The van der Waals surface area contributed by atoms with Crippen LogP contribution in [0, 0.1) is 22.0 Å². The van der Waals surface area contributed by atoms with Crippen LogP contribution in [0.2, 0.25) is 0 Å². The Hall–Kier alpha value is 0.950. The summed E-state index contributed by atoms with van der Waals surface area (Å²) in [4.78, 5) is 0. The fourth-order valence-electron chi connectivity index (χ4n) is 3.02. The standard InChI is InChI=1S/C10H16IS/c1-9(2)7-4-5-10(9,3)8(6-7)12-11/h7H,4-6H2,1-3H3/q+1/t7-,10+/m1/s1. The second kappa shape index (κ2) is 2.72. The topological polar surface area (TPSA) is 0 Å². The predicted octanol–water partition coefficient (Wildman–Crippen LogP) is 4.45. The van der Waals surface area contributed by atoms with Gasteiger partial charge in [0.1, 0.15) is 20.8 Å². The van der Waals surface area contributed by atoms with Gasteiger partial charge in [0.2, 0.25) is 0 Å². The molecule has 0 aromatic heterocycles. The van der Waals surface area contributed by atoms with Crippen LogP contribution in [-0.4, -0.2) is 0 Å². The maximum Gasteiger partial charge on any atom is 0.174 e. The Bertz CT molecular complexity index is 202. The van der Waals surface area contributed by atoms with E-state index < -0.39 is 0 Å². The van der Waals surface area contributed by atoms with Crippen molar-refractivity contribution in [3.63, 3.8) is 0 Å². The zero-order valence-electron chi connectivity index (χ0n) is 7.98. The lowest BCUT2D eigenvalue weighted by Gasteiger charge is -2.29. The molecule has 0 radical (unpaired) electrons. The van der Waals surface area contributed by atoms with E-state index in [2.05, 4.69) is 42.0 Å². The van der Waals surface area contributed by atoms with Gasteiger partial charge in [-0.1, -0.05) is 13.8 Å². The highest BCUT2D eigenvalue weighted by Gasteiger charge is 2.70. The molecule has 0 amide bonds. The normalized spacial score (nSPS) is 44.0. The van der Waals surface area contributed by atoms with Crippen LogP contribution in [0.5, 0.6) is 0 Å². The molecule has 2 saturated carbocycles. The summed E-state index contributed by atoms with van der Waals surface area (Å²) < 4.78 is 0. The molecular weight excluding hydrogens is 279 g/mol. The second-order valence-electron chi connectivity index (χ2n) is 4.99. The van der Waals surface area contributed by atoms with E-state index in [4.69, 9.17) is 0 Å². The molecule has 0 N–H and O–H groups in total. The molecule has 0 saturated heterocycles. The molecule has 2 aliphatic carbocycles. The van der Waals surface area contributed by atoms with Crippen molar-refractivity contribution in [1.82, 2.24) is 0 Å². The lowest BCUT2D eigenvalue weighted by Crippen LogP contribution is -2.29. The van der Waals surface area contributed by atoms with E-state index in [0.717, 1.165) is 5.92 Å². The molecule has 2 fully saturated rings. The Morgan fingerprint density at radius 3 is 2.33 bits per heavy atom. The van der Waals surface area contributed by atoms with Crippen LogP contribution in [0.15, 0.2) is 0 Å². The van der Waals surface area contributed by atoms with Gasteiger partial charge in [0.25, 0.3) is 0 Å². The third-order valence-electron chi connectivity index (χ3n) is 4.58. The summed E-state index contributed by atoms with van der Waals surface area (Å²) in [5.74, 6) is 0.972. The van der Waals surface area contributed by atoms with E-state index >= 15 is 0 Å². The van der Waals surface area contributed by atoms with E-state index in [-0.39, 0.29) is 0 Å². The highest BCUT2D eigenvalue weighted by molar-refractivity contribution is 14.2. The number of hydrogen-bond acceptors (Lipinski definition) is 1. The number of hydrogen-bond donors (Lipinski definition) is 0. The Morgan fingerprint density at radius 2 is 2.08 bits per heavy atom. The van der Waals surface area contributed by atoms with Gasteiger partial charge in [0.15, 0.2) is 5.25 Å². The first-order chi connectivity index (χ1) is 5.52. The van der Waals surface area contributed by atoms with Crippen LogP contribution < -0.4 is 0 Å². The first kappa shape index (κ1) is 9.50. The molecule has 12 heavy (non-hydrogen) atoms. The summed E-state index contributed by atoms with van der Waals surface area (Å²) in [6.07, 6.45) is 4.28. The van der Waals surface area contributed by atoms with Crippen LogP contribution in [-0.2, 0) is 0 Å². The molecule has 0 aromatic rings. The maximum absolute atomic E-state index is 2.47. The minimum Gasteiger partial charge on any atom is -0.0548 e. The van der Waals surface area contributed by atoms with E-state index in [1.165, 1.54) is 19.3 Å². The molecule has 2 bridgehead atoms. The third kappa shape index (κ3) is 0.941. The van der Waals surface area contributed by atoms with Gasteiger partial charge in [-0.05, 0) is 19.8 Å². The summed E-state index contributed by atoms with van der Waals surface area (Å²) in [5.41, 5.74) is 1.12. The first-order valence-corrected chi connectivity index (χ1v) is 8.03. The smallest absolute Gasteiger partial charge is 0.0548 e. The molecule has 0 aliphatic heterocycles. The lowest BCUT2D eigenvalue weighted by molar-refractivity contribution is 0.174. The highest BCUT2D eigenvalue weighted by Crippen LogP contribution is 2.72. The summed E-state index contributed by atoms with van der Waals surface area (Å²) in [6, 6.07) is 0. The molecule has 0 unspecified atom stereocenters. The van der Waals surface area contributed by atoms with E-state index in [9.17, 15) is 0 Å². The Morgan fingerprint density at radius 1 is 1.42 bits per heavy atom. The van der Waals surface area contributed by atoms with Crippen LogP contribution >= 0.6 is 30.1 Å². The minimum absolute atomic E-state index is 0.545. The molecule has 0 nitrogen and oxygen atoms in total. The SMILES string of the molecule is CC1(C)[C@@H]2CC[C@@]1(C)[C+](SI)C2. The van der Waals surface area contributed by atoms with Gasteiger partial charge < -0.3 is 0 Å². The second-order valence-corrected chi connectivity index (χ2v) is 6.96. The van der Waals surface area contributed by atoms with Crippen molar-refractivity contribution in [2.45, 2.75) is 40.0 Å². The molecule has 0 spiro atoms. The van der Waals surface area contributed by atoms with Gasteiger partial charge in [0, 0.05) is 11.3 Å². The molecule has 2 atom stereocenters. The molecule has 68 valence electrons. The van der Waals surface area contributed by atoms with Crippen LogP contribution in [0.3, 0.4) is 0 Å². The van der Waals surface area contributed by atoms with Gasteiger partial charge in [-0.25, -0.2) is 0 Å². The molecule has 2 aliphatic rings. The number of fused-ring (bicyclic) bond motifs is 2. The Balaban J connectivity index is 2.33. The van der Waals surface area contributed by atoms with Crippen molar-refractivity contribution in [2.24, 2.45) is 16.7 Å². The predicted molar refractivity (Wildman–Crippen MR) is 64.1 cm³/mol. The summed E-state index contributed by atoms with van der Waals surface area (Å²) in [5, 5.41) is 1.75. The molecule has 0 aromatic carbocycles. The average Bonchev–Trinajstić information content (AvgIpc) is 2.34. The van der Waals surface area contributed by atoms with Gasteiger partial charge in [-0.3, -0.25) is 0 Å². The number of halogens is 1. The van der Waals surface area contributed by atoms with Crippen molar-refractivity contribution in [3.8, 4) is 0 Å². The Labute approximate surface area is 91.8 Å². The molecular formula is C10H16IS+. The van der Waals surface area contributed by atoms with Gasteiger partial charge in [0.05, 0.1) is 21.2 Å². The summed E-state index contributed by atoms with van der Waals surface area (Å²) in [7, 11) is 1.98. The summed E-state index contributed by atoms with van der Waals surface area (Å²) >= 11 is 2.45. The average molecular weight is 295 g/mol. The largest absolute Gasteiger partial charge is 0.174 e. The van der Waals surface area contributed by atoms with Gasteiger partial charge in [-0.2, -0.15) is 0 Å². The zero-order chi connectivity index (χ0) is 8.98. The number of rotatable bonds is 1. The molecule has 2 rings (SSSR count). The van der Waals surface area contributed by atoms with E-state index in [1.807, 2.05) is 8.93 Å². The van der Waals surface area contributed by atoms with Gasteiger partial charge >= 0.3 is 0 Å². The van der Waals surface area contributed by atoms with Crippen LogP contribution in [0.1, 0.15) is 40.0 Å². The quantitative estimate of drug-likeness (QED) is 0.509. The summed E-state index contributed by atoms with van der Waals surface area (Å²) in [6.45, 7) is 7.40. The highest BCUT2D eigenvalue weighted by atomic mass is 127. The van der Waals surface area contributed by atoms with Crippen molar-refractivity contribution in [1.29, 1.82) is 0 Å². The monoisotopic (exact) mass is 295 g/mol. The van der Waals surface area contributed by atoms with Crippen LogP contribution in [0.4, 0.5) is 0 Å². The third-order valence-corrected chi connectivity index (χ3v) is 6.97. The molecule has 0 heterocycles. The Kier molecular flexibility index (Phi) is 2.15. The molecule has 2 heteroatoms. The maximum atomic E-state index is 2.47. The van der Waals surface area contributed by atoms with Crippen LogP contribution in [0.25, 0.3) is 0 Å². The van der Waals surface area contributed by atoms with E-state index in [0.29, 0.717) is 10.8 Å². The fraction of sp³-hybridized carbons (Fsp3) is 0.900. The van der Waals surface area contributed by atoms with Crippen molar-refractivity contribution >= 4 is 30.1 Å². The zero-order valence-corrected chi connectivity index (χ0v) is 11.0. The van der Waals surface area contributed by atoms with Gasteiger partial charge in [-0.15, -0.1) is 0 Å². The van der Waals surface area contributed by atoms with Crippen molar-refractivity contribution in [3.05, 3.63) is 5.25 Å².